The molecule has 2 heterocycles. The summed E-state index contributed by atoms with van der Waals surface area (Å²) in [6.07, 6.45) is 0. The lowest BCUT2D eigenvalue weighted by Gasteiger charge is -2.16. The lowest BCUT2D eigenvalue weighted by atomic mass is 10.2. The molecule has 0 unspecified atom stereocenters. The second-order valence-electron chi connectivity index (χ2n) is 5.63. The molecule has 0 fully saturated rings. The summed E-state index contributed by atoms with van der Waals surface area (Å²) in [5.41, 5.74) is 1.09. The first kappa shape index (κ1) is 15.0. The number of hydrogen-bond donors (Lipinski definition) is 0. The van der Waals surface area contributed by atoms with Gasteiger partial charge in [-0.25, -0.2) is 0 Å². The predicted molar refractivity (Wildman–Crippen MR) is 92.8 cm³/mol. The van der Waals surface area contributed by atoms with Gasteiger partial charge in [-0.15, -0.1) is 22.0 Å². The molecular formula is C14H15BrN4S2. The van der Waals surface area contributed by atoms with Crippen molar-refractivity contribution in [1.29, 1.82) is 0 Å². The molecule has 0 radical (unpaired) electrons. The summed E-state index contributed by atoms with van der Waals surface area (Å²) >= 11 is 6.90. The Morgan fingerprint density at radius 3 is 2.81 bits per heavy atom. The molecule has 3 aromatic rings. The second-order valence-corrected chi connectivity index (χ2v) is 9.30. The van der Waals surface area contributed by atoms with E-state index in [1.807, 2.05) is 28.4 Å². The van der Waals surface area contributed by atoms with Crippen molar-refractivity contribution < 1.29 is 0 Å². The molecule has 0 spiro atoms. The van der Waals surface area contributed by atoms with Gasteiger partial charge >= 0.3 is 0 Å². The first-order chi connectivity index (χ1) is 9.92. The zero-order valence-corrected chi connectivity index (χ0v) is 15.2. The van der Waals surface area contributed by atoms with Crippen molar-refractivity contribution >= 4 is 44.0 Å². The van der Waals surface area contributed by atoms with Gasteiger partial charge in [0, 0.05) is 14.8 Å². The molecule has 0 aliphatic rings. The molecule has 21 heavy (non-hydrogen) atoms. The van der Waals surface area contributed by atoms with Gasteiger partial charge in [-0.05, 0) is 12.1 Å². The maximum absolute atomic E-state index is 4.66. The Kier molecular flexibility index (Phi) is 4.07. The number of halogens is 1. The highest BCUT2D eigenvalue weighted by atomic mass is 79.9. The van der Waals surface area contributed by atoms with Gasteiger partial charge in [0.15, 0.2) is 5.82 Å². The van der Waals surface area contributed by atoms with Crippen molar-refractivity contribution in [2.75, 3.05) is 0 Å². The third-order valence-electron chi connectivity index (χ3n) is 2.76. The monoisotopic (exact) mass is 382 g/mol. The maximum Gasteiger partial charge on any atom is 0.235 e. The van der Waals surface area contributed by atoms with Crippen molar-refractivity contribution in [1.82, 2.24) is 19.8 Å². The van der Waals surface area contributed by atoms with E-state index in [0.717, 1.165) is 31.6 Å². The molecule has 0 atom stereocenters. The largest absolute Gasteiger partial charge is 0.235 e. The molecule has 0 aliphatic heterocycles. The summed E-state index contributed by atoms with van der Waals surface area (Å²) in [5.74, 6) is 1.72. The molecule has 0 saturated carbocycles. The summed E-state index contributed by atoms with van der Waals surface area (Å²) < 4.78 is 3.11. The van der Waals surface area contributed by atoms with Crippen molar-refractivity contribution in [3.8, 4) is 10.6 Å². The van der Waals surface area contributed by atoms with Crippen LogP contribution in [-0.2, 0) is 5.75 Å². The van der Waals surface area contributed by atoms with Crippen LogP contribution in [0, 0.1) is 0 Å². The molecule has 0 bridgehead atoms. The van der Waals surface area contributed by atoms with Gasteiger partial charge < -0.3 is 0 Å². The van der Waals surface area contributed by atoms with E-state index in [9.17, 15) is 0 Å². The number of rotatable bonds is 3. The van der Waals surface area contributed by atoms with Crippen molar-refractivity contribution in [3.05, 3.63) is 34.6 Å². The summed E-state index contributed by atoms with van der Waals surface area (Å²) in [7, 11) is 0. The van der Waals surface area contributed by atoms with Crippen LogP contribution in [0.3, 0.4) is 0 Å². The Hall–Kier alpha value is -0.920. The maximum atomic E-state index is 4.66. The SMILES string of the molecule is CC(C)(C)SCc1nnc2sc(-c3cccc(Br)c3)nn12. The lowest BCUT2D eigenvalue weighted by Crippen LogP contribution is -2.08. The number of hydrogen-bond acceptors (Lipinski definition) is 5. The van der Waals surface area contributed by atoms with Crippen LogP contribution >= 0.6 is 39.0 Å². The zero-order chi connectivity index (χ0) is 15.0. The van der Waals surface area contributed by atoms with Gasteiger partial charge in [-0.2, -0.15) is 9.61 Å². The minimum atomic E-state index is 0.203. The summed E-state index contributed by atoms with van der Waals surface area (Å²) in [5, 5.41) is 14.1. The van der Waals surface area contributed by atoms with Gasteiger partial charge in [0.1, 0.15) is 5.01 Å². The molecule has 0 N–H and O–H groups in total. The molecule has 0 amide bonds. The first-order valence-electron chi connectivity index (χ1n) is 6.53. The molecule has 0 aliphatic carbocycles. The average molecular weight is 383 g/mol. The van der Waals surface area contributed by atoms with Crippen LogP contribution in [0.5, 0.6) is 0 Å². The minimum Gasteiger partial charge on any atom is -0.186 e. The smallest absolute Gasteiger partial charge is 0.186 e. The van der Waals surface area contributed by atoms with Crippen LogP contribution in [0.15, 0.2) is 28.7 Å². The Bertz CT molecular complexity index is 773. The molecule has 7 heteroatoms. The minimum absolute atomic E-state index is 0.203. The molecule has 0 saturated heterocycles. The van der Waals surface area contributed by atoms with E-state index in [4.69, 9.17) is 0 Å². The molecule has 110 valence electrons. The van der Waals surface area contributed by atoms with E-state index in [1.165, 1.54) is 0 Å². The van der Waals surface area contributed by atoms with Crippen LogP contribution in [0.1, 0.15) is 26.6 Å². The number of thioether (sulfide) groups is 1. The topological polar surface area (TPSA) is 43.1 Å². The van der Waals surface area contributed by atoms with Crippen LogP contribution in [0.4, 0.5) is 0 Å². The van der Waals surface area contributed by atoms with Crippen molar-refractivity contribution in [2.45, 2.75) is 31.3 Å². The van der Waals surface area contributed by atoms with E-state index in [-0.39, 0.29) is 4.75 Å². The third kappa shape index (κ3) is 3.46. The number of fused-ring (bicyclic) bond motifs is 1. The average Bonchev–Trinajstić information content (AvgIpc) is 2.95. The van der Waals surface area contributed by atoms with Crippen LogP contribution in [0.25, 0.3) is 15.5 Å². The second kappa shape index (κ2) is 5.70. The molecule has 1 aromatic carbocycles. The Morgan fingerprint density at radius 1 is 1.29 bits per heavy atom. The van der Waals surface area contributed by atoms with Crippen LogP contribution < -0.4 is 0 Å². The summed E-state index contributed by atoms with van der Waals surface area (Å²) in [4.78, 5) is 0.842. The summed E-state index contributed by atoms with van der Waals surface area (Å²) in [6, 6.07) is 8.14. The lowest BCUT2D eigenvalue weighted by molar-refractivity contribution is 0.796. The molecule has 4 nitrogen and oxygen atoms in total. The Morgan fingerprint density at radius 2 is 2.10 bits per heavy atom. The van der Waals surface area contributed by atoms with Crippen molar-refractivity contribution in [2.24, 2.45) is 0 Å². The van der Waals surface area contributed by atoms with E-state index in [1.54, 1.807) is 11.3 Å². The van der Waals surface area contributed by atoms with Gasteiger partial charge in [0.25, 0.3) is 0 Å². The number of benzene rings is 1. The molecular weight excluding hydrogens is 368 g/mol. The number of nitrogens with zero attached hydrogens (tertiary/aromatic N) is 4. The summed E-state index contributed by atoms with van der Waals surface area (Å²) in [6.45, 7) is 6.59. The normalized spacial score (nSPS) is 12.2. The molecule has 2 aromatic heterocycles. The third-order valence-corrected chi connectivity index (χ3v) is 5.47. The van der Waals surface area contributed by atoms with E-state index < -0.39 is 0 Å². The van der Waals surface area contributed by atoms with Gasteiger partial charge in [-0.3, -0.25) is 0 Å². The zero-order valence-electron chi connectivity index (χ0n) is 12.0. The Balaban J connectivity index is 1.92. The van der Waals surface area contributed by atoms with Crippen molar-refractivity contribution in [3.63, 3.8) is 0 Å². The highest BCUT2D eigenvalue weighted by molar-refractivity contribution is 9.10. The first-order valence-corrected chi connectivity index (χ1v) is 9.13. The standard InChI is InChI=1S/C14H15BrN4S2/c1-14(2,3)20-8-11-16-17-13-19(11)18-12(21-13)9-5-4-6-10(15)7-9/h4-7H,8H2,1-3H3. The van der Waals surface area contributed by atoms with Gasteiger partial charge in [0.2, 0.25) is 4.96 Å². The predicted octanol–water partition coefficient (Wildman–Crippen LogP) is 4.65. The van der Waals surface area contributed by atoms with Crippen LogP contribution in [0.2, 0.25) is 0 Å². The fraction of sp³-hybridized carbons (Fsp3) is 0.357. The van der Waals surface area contributed by atoms with Gasteiger partial charge in [-0.1, -0.05) is 60.2 Å². The molecule has 3 rings (SSSR count). The fourth-order valence-electron chi connectivity index (χ4n) is 1.77. The van der Waals surface area contributed by atoms with E-state index in [2.05, 4.69) is 64.1 Å². The van der Waals surface area contributed by atoms with E-state index >= 15 is 0 Å². The fourth-order valence-corrected chi connectivity index (χ4v) is 3.76. The van der Waals surface area contributed by atoms with Crippen LogP contribution in [-0.4, -0.2) is 24.6 Å². The number of aromatic nitrogens is 4. The quantitative estimate of drug-likeness (QED) is 0.661. The highest BCUT2D eigenvalue weighted by Gasteiger charge is 2.16. The van der Waals surface area contributed by atoms with Gasteiger partial charge in [0.05, 0.1) is 5.75 Å². The van der Waals surface area contributed by atoms with E-state index in [0.29, 0.717) is 0 Å². The Labute approximate surface area is 140 Å². The highest BCUT2D eigenvalue weighted by Crippen LogP contribution is 2.30.